The van der Waals surface area contributed by atoms with Crippen LogP contribution in [0.3, 0.4) is 0 Å². The normalized spacial score (nSPS) is 13.4. The summed E-state index contributed by atoms with van der Waals surface area (Å²) in [6.45, 7) is 7.82. The zero-order valence-electron chi connectivity index (χ0n) is 12.8. The third-order valence-electron chi connectivity index (χ3n) is 3.15. The largest absolute Gasteiger partial charge is 0.234 e. The molecule has 0 fully saturated rings. The van der Waals surface area contributed by atoms with E-state index in [0.717, 1.165) is 15.9 Å². The Balaban J connectivity index is 2.01. The Morgan fingerprint density at radius 3 is 2.52 bits per heavy atom. The molecule has 0 aliphatic heterocycles. The number of aromatic nitrogens is 3. The molecule has 1 heterocycles. The van der Waals surface area contributed by atoms with E-state index < -0.39 is 0 Å². The summed E-state index contributed by atoms with van der Waals surface area (Å²) in [6, 6.07) is 10.3. The van der Waals surface area contributed by atoms with Gasteiger partial charge in [0.15, 0.2) is 4.75 Å². The average molecular weight is 418 g/mol. The first kappa shape index (κ1) is 16.8. The number of benzene rings is 1. The Labute approximate surface area is 143 Å². The van der Waals surface area contributed by atoms with Crippen LogP contribution in [0.15, 0.2) is 30.3 Å². The summed E-state index contributed by atoms with van der Waals surface area (Å²) in [7, 11) is 0. The van der Waals surface area contributed by atoms with E-state index >= 15 is 0 Å². The van der Waals surface area contributed by atoms with E-state index in [1.165, 1.54) is 5.56 Å². The molecule has 4 nitrogen and oxygen atoms in total. The summed E-state index contributed by atoms with van der Waals surface area (Å²) in [6.07, 6.45) is 2.13. The van der Waals surface area contributed by atoms with Gasteiger partial charge in [-0.2, -0.15) is 4.18 Å². The van der Waals surface area contributed by atoms with Crippen LogP contribution in [-0.4, -0.2) is 26.0 Å². The molecule has 2 rings (SSSR count). The van der Waals surface area contributed by atoms with Gasteiger partial charge in [0.2, 0.25) is 0 Å². The Morgan fingerprint density at radius 1 is 1.24 bits per heavy atom. The van der Waals surface area contributed by atoms with Crippen molar-refractivity contribution in [1.29, 1.82) is 0 Å². The molecule has 0 saturated carbocycles. The Morgan fingerprint density at radius 2 is 1.90 bits per heavy atom. The fraction of sp³-hybridized carbons (Fsp3) is 0.467. The van der Waals surface area contributed by atoms with Crippen LogP contribution in [0.5, 0.6) is 0 Å². The molecule has 0 aliphatic carbocycles. The molecule has 1 atom stereocenters. The minimum absolute atomic E-state index is 0.105. The third kappa shape index (κ3) is 4.69. The van der Waals surface area contributed by atoms with E-state index in [1.54, 1.807) is 0 Å². The molecule has 0 aliphatic rings. The second kappa shape index (κ2) is 7.11. The van der Waals surface area contributed by atoms with Gasteiger partial charge in [0, 0.05) is 0 Å². The Kier molecular flexibility index (Phi) is 5.67. The molecule has 0 amide bonds. The lowest BCUT2D eigenvalue weighted by Gasteiger charge is -2.15. The van der Waals surface area contributed by atoms with E-state index in [4.69, 9.17) is 4.18 Å². The van der Waals surface area contributed by atoms with Gasteiger partial charge in [0.05, 0.1) is 6.54 Å². The highest BCUT2D eigenvalue weighted by Crippen LogP contribution is 2.20. The fourth-order valence-corrected chi connectivity index (χ4v) is 2.78. The van der Waals surface area contributed by atoms with Crippen LogP contribution in [0.1, 0.15) is 32.0 Å². The molecule has 0 radical (unpaired) electrons. The molecule has 1 unspecified atom stereocenters. The van der Waals surface area contributed by atoms with Gasteiger partial charge in [-0.05, 0) is 48.9 Å². The van der Waals surface area contributed by atoms with E-state index in [9.17, 15) is 0 Å². The van der Waals surface area contributed by atoms with Crippen molar-refractivity contribution in [3.63, 3.8) is 0 Å². The van der Waals surface area contributed by atoms with Gasteiger partial charge in [-0.1, -0.05) is 35.5 Å². The number of hydrogen-bond donors (Lipinski definition) is 0. The highest BCUT2D eigenvalue weighted by molar-refractivity contribution is 14.1. The fourth-order valence-electron chi connectivity index (χ4n) is 1.60. The first-order chi connectivity index (χ1) is 9.88. The minimum atomic E-state index is -0.105. The van der Waals surface area contributed by atoms with Crippen LogP contribution in [0.25, 0.3) is 0 Å². The second-order valence-corrected chi connectivity index (χ2v) is 9.19. The summed E-state index contributed by atoms with van der Waals surface area (Å²) in [4.78, 5) is 0. The molecular formula is C15H21IN3OS+. The summed E-state index contributed by atoms with van der Waals surface area (Å²) in [5.41, 5.74) is 2.13. The van der Waals surface area contributed by atoms with Crippen molar-refractivity contribution in [1.82, 2.24) is 15.0 Å². The van der Waals surface area contributed by atoms with Gasteiger partial charge >= 0.3 is 0 Å². The van der Waals surface area contributed by atoms with Gasteiger partial charge in [0.1, 0.15) is 33.4 Å². The topological polar surface area (TPSA) is 39.9 Å². The van der Waals surface area contributed by atoms with Crippen LogP contribution < -0.4 is 0 Å². The van der Waals surface area contributed by atoms with Crippen molar-refractivity contribution in [2.45, 2.75) is 38.7 Å². The quantitative estimate of drug-likeness (QED) is 0.552. The number of rotatable bonds is 5. The van der Waals surface area contributed by atoms with Crippen LogP contribution in [0, 0.1) is 3.70 Å². The van der Waals surface area contributed by atoms with Gasteiger partial charge in [-0.25, -0.2) is 4.68 Å². The highest BCUT2D eigenvalue weighted by atomic mass is 127. The van der Waals surface area contributed by atoms with Gasteiger partial charge < -0.3 is 0 Å². The molecule has 21 heavy (non-hydrogen) atoms. The Bertz CT molecular complexity index is 580. The Hall–Kier alpha value is -0.600. The molecule has 0 saturated heterocycles. The highest BCUT2D eigenvalue weighted by Gasteiger charge is 2.32. The molecule has 2 aromatic rings. The van der Waals surface area contributed by atoms with E-state index in [1.807, 2.05) is 22.9 Å². The summed E-state index contributed by atoms with van der Waals surface area (Å²) >= 11 is 2.19. The van der Waals surface area contributed by atoms with Crippen LogP contribution in [0.4, 0.5) is 0 Å². The summed E-state index contributed by atoms with van der Waals surface area (Å²) < 4.78 is 9.06. The maximum Gasteiger partial charge on any atom is 0.152 e. The molecular weight excluding hydrogens is 397 g/mol. The first-order valence-electron chi connectivity index (χ1n) is 6.79. The SMILES string of the molecule is C[S+](OCc1nnn(Cc2ccccc2)c1I)C(C)(C)C. The van der Waals surface area contributed by atoms with E-state index in [2.05, 4.69) is 72.1 Å². The zero-order valence-corrected chi connectivity index (χ0v) is 15.8. The predicted molar refractivity (Wildman–Crippen MR) is 96.1 cm³/mol. The lowest BCUT2D eigenvalue weighted by molar-refractivity contribution is 0.336. The monoisotopic (exact) mass is 418 g/mol. The summed E-state index contributed by atoms with van der Waals surface area (Å²) in [5, 5.41) is 8.48. The van der Waals surface area contributed by atoms with Crippen LogP contribution in [-0.2, 0) is 28.5 Å². The van der Waals surface area contributed by atoms with Crippen molar-refractivity contribution >= 4 is 33.8 Å². The van der Waals surface area contributed by atoms with Crippen molar-refractivity contribution < 1.29 is 4.18 Å². The molecule has 1 aromatic carbocycles. The molecule has 0 N–H and O–H groups in total. The van der Waals surface area contributed by atoms with Gasteiger partial charge in [-0.15, -0.1) is 5.10 Å². The van der Waals surface area contributed by atoms with Gasteiger partial charge in [0.25, 0.3) is 0 Å². The number of hydrogen-bond acceptors (Lipinski definition) is 3. The van der Waals surface area contributed by atoms with E-state index in [-0.39, 0.29) is 15.9 Å². The molecule has 0 bridgehead atoms. The maximum absolute atomic E-state index is 5.94. The second-order valence-electron chi connectivity index (χ2n) is 5.80. The summed E-state index contributed by atoms with van der Waals surface area (Å²) in [5.74, 6) is 0. The van der Waals surface area contributed by atoms with Crippen LogP contribution >= 0.6 is 22.6 Å². The van der Waals surface area contributed by atoms with Crippen LogP contribution in [0.2, 0.25) is 0 Å². The molecule has 1 aromatic heterocycles. The molecule has 114 valence electrons. The smallest absolute Gasteiger partial charge is 0.152 e. The lowest BCUT2D eigenvalue weighted by Crippen LogP contribution is -2.29. The first-order valence-corrected chi connectivity index (χ1v) is 9.42. The van der Waals surface area contributed by atoms with E-state index in [0.29, 0.717) is 6.61 Å². The molecule has 0 spiro atoms. The van der Waals surface area contributed by atoms with Crippen molar-refractivity contribution in [3.8, 4) is 0 Å². The van der Waals surface area contributed by atoms with Crippen molar-refractivity contribution in [2.75, 3.05) is 6.26 Å². The zero-order chi connectivity index (χ0) is 15.5. The lowest BCUT2D eigenvalue weighted by atomic mass is 10.2. The van der Waals surface area contributed by atoms with Crippen molar-refractivity contribution in [3.05, 3.63) is 45.3 Å². The third-order valence-corrected chi connectivity index (χ3v) is 6.52. The van der Waals surface area contributed by atoms with Crippen molar-refractivity contribution in [2.24, 2.45) is 0 Å². The van der Waals surface area contributed by atoms with Gasteiger partial charge in [-0.3, -0.25) is 0 Å². The maximum atomic E-state index is 5.94. The number of nitrogens with zero attached hydrogens (tertiary/aromatic N) is 3. The standard InChI is InChI=1S/C15H21IN3OS/c1-15(2,3)21(4)20-11-13-14(16)19(18-17-13)10-12-8-6-5-7-9-12/h5-9H,10-11H2,1-4H3/q+1. The minimum Gasteiger partial charge on any atom is -0.234 e. The predicted octanol–water partition coefficient (Wildman–Crippen LogP) is 3.41. The average Bonchev–Trinajstić information content (AvgIpc) is 2.77. The molecule has 6 heteroatoms. The number of halogens is 1.